The minimum absolute atomic E-state index is 0.00963. The SMILES string of the molecule is COc1cccc(Cl)c1Cn1c(O)cc(=O)[nH]c1=O. The summed E-state index contributed by atoms with van der Waals surface area (Å²) in [6.45, 7) is -0.00963. The monoisotopic (exact) mass is 282 g/mol. The molecular weight excluding hydrogens is 272 g/mol. The first-order valence-corrected chi connectivity index (χ1v) is 5.75. The zero-order valence-corrected chi connectivity index (χ0v) is 10.8. The van der Waals surface area contributed by atoms with Gasteiger partial charge in [-0.15, -0.1) is 0 Å². The van der Waals surface area contributed by atoms with Crippen LogP contribution >= 0.6 is 11.6 Å². The van der Waals surface area contributed by atoms with Gasteiger partial charge in [-0.1, -0.05) is 17.7 Å². The van der Waals surface area contributed by atoms with E-state index < -0.39 is 17.1 Å². The van der Waals surface area contributed by atoms with Crippen molar-refractivity contribution in [2.24, 2.45) is 0 Å². The lowest BCUT2D eigenvalue weighted by atomic mass is 10.2. The van der Waals surface area contributed by atoms with Crippen LogP contribution in [-0.4, -0.2) is 21.8 Å². The van der Waals surface area contributed by atoms with Gasteiger partial charge in [0.25, 0.3) is 5.56 Å². The van der Waals surface area contributed by atoms with E-state index in [0.29, 0.717) is 16.3 Å². The summed E-state index contributed by atoms with van der Waals surface area (Å²) in [5.41, 5.74) is -0.840. The Morgan fingerprint density at radius 3 is 2.79 bits per heavy atom. The third-order valence-corrected chi connectivity index (χ3v) is 2.98. The summed E-state index contributed by atoms with van der Waals surface area (Å²) in [6.07, 6.45) is 0. The molecule has 0 aliphatic rings. The zero-order chi connectivity index (χ0) is 14.0. The smallest absolute Gasteiger partial charge is 0.331 e. The van der Waals surface area contributed by atoms with Gasteiger partial charge < -0.3 is 9.84 Å². The molecule has 0 atom stereocenters. The predicted octanol–water partition coefficient (Wildman–Crippen LogP) is 0.952. The first kappa shape index (κ1) is 13.2. The molecule has 7 heteroatoms. The third kappa shape index (κ3) is 2.63. The maximum atomic E-state index is 11.6. The summed E-state index contributed by atoms with van der Waals surface area (Å²) in [7, 11) is 1.48. The first-order valence-electron chi connectivity index (χ1n) is 5.37. The van der Waals surface area contributed by atoms with Crippen LogP contribution in [0.1, 0.15) is 5.56 Å². The van der Waals surface area contributed by atoms with Crippen molar-refractivity contribution < 1.29 is 9.84 Å². The lowest BCUT2D eigenvalue weighted by Gasteiger charge is -2.12. The molecule has 19 heavy (non-hydrogen) atoms. The highest BCUT2D eigenvalue weighted by Gasteiger charge is 2.12. The van der Waals surface area contributed by atoms with Gasteiger partial charge in [-0.3, -0.25) is 14.3 Å². The molecule has 0 aliphatic carbocycles. The number of hydrogen-bond donors (Lipinski definition) is 2. The second-order valence-electron chi connectivity index (χ2n) is 3.80. The molecule has 1 aromatic carbocycles. The van der Waals surface area contributed by atoms with E-state index in [1.165, 1.54) is 7.11 Å². The molecule has 2 N–H and O–H groups in total. The molecule has 1 heterocycles. The van der Waals surface area contributed by atoms with Gasteiger partial charge in [0.2, 0.25) is 5.88 Å². The summed E-state index contributed by atoms with van der Waals surface area (Å²) in [5.74, 6) is 0.0562. The summed E-state index contributed by atoms with van der Waals surface area (Å²) in [4.78, 5) is 24.7. The van der Waals surface area contributed by atoms with E-state index in [1.54, 1.807) is 18.2 Å². The lowest BCUT2D eigenvalue weighted by Crippen LogP contribution is -2.29. The van der Waals surface area contributed by atoms with E-state index >= 15 is 0 Å². The van der Waals surface area contributed by atoms with Gasteiger partial charge in [-0.05, 0) is 12.1 Å². The standard InChI is InChI=1S/C12H11ClN2O4/c1-19-9-4-2-3-8(13)7(9)6-15-11(17)5-10(16)14-12(15)18/h2-5,17H,6H2,1H3,(H,14,16,18). The van der Waals surface area contributed by atoms with Crippen LogP contribution in [0, 0.1) is 0 Å². The Kier molecular flexibility index (Phi) is 3.62. The Morgan fingerprint density at radius 2 is 2.16 bits per heavy atom. The molecule has 0 bridgehead atoms. The minimum Gasteiger partial charge on any atom is -0.496 e. The van der Waals surface area contributed by atoms with E-state index in [-0.39, 0.29) is 6.54 Å². The number of nitrogens with one attached hydrogen (secondary N) is 1. The number of rotatable bonds is 3. The lowest BCUT2D eigenvalue weighted by molar-refractivity contribution is 0.394. The molecule has 6 nitrogen and oxygen atoms in total. The number of H-pyrrole nitrogens is 1. The van der Waals surface area contributed by atoms with Crippen LogP contribution in [0.3, 0.4) is 0 Å². The molecular formula is C12H11ClN2O4. The van der Waals surface area contributed by atoms with Gasteiger partial charge in [-0.25, -0.2) is 4.79 Å². The average Bonchev–Trinajstić information content (AvgIpc) is 2.34. The second-order valence-corrected chi connectivity index (χ2v) is 4.21. The Hall–Kier alpha value is -2.21. The molecule has 2 aromatic rings. The number of aromatic hydroxyl groups is 1. The van der Waals surface area contributed by atoms with Crippen molar-refractivity contribution in [1.82, 2.24) is 9.55 Å². The Labute approximate surface area is 112 Å². The number of aromatic nitrogens is 2. The molecule has 0 saturated carbocycles. The number of aromatic amines is 1. The van der Waals surface area contributed by atoms with Gasteiger partial charge in [0.05, 0.1) is 19.7 Å². The molecule has 0 radical (unpaired) electrons. The third-order valence-electron chi connectivity index (χ3n) is 2.62. The summed E-state index contributed by atoms with van der Waals surface area (Å²) >= 11 is 6.05. The number of hydrogen-bond acceptors (Lipinski definition) is 4. The molecule has 0 spiro atoms. The number of methoxy groups -OCH3 is 1. The van der Waals surface area contributed by atoms with Crippen LogP contribution in [0.15, 0.2) is 33.9 Å². The van der Waals surface area contributed by atoms with E-state index in [9.17, 15) is 14.7 Å². The predicted molar refractivity (Wildman–Crippen MR) is 70.1 cm³/mol. The number of nitrogens with zero attached hydrogens (tertiary/aromatic N) is 1. The molecule has 2 rings (SSSR count). The highest BCUT2D eigenvalue weighted by atomic mass is 35.5. The molecule has 1 aromatic heterocycles. The molecule has 0 amide bonds. The van der Waals surface area contributed by atoms with Crippen molar-refractivity contribution in [1.29, 1.82) is 0 Å². The Balaban J connectivity index is 2.54. The molecule has 0 aliphatic heterocycles. The number of halogens is 1. The number of ether oxygens (including phenoxy) is 1. The van der Waals surface area contributed by atoms with E-state index in [1.807, 2.05) is 0 Å². The van der Waals surface area contributed by atoms with Crippen LogP contribution in [0.4, 0.5) is 0 Å². The van der Waals surface area contributed by atoms with Gasteiger partial charge in [0.1, 0.15) is 5.75 Å². The fourth-order valence-electron chi connectivity index (χ4n) is 1.70. The van der Waals surface area contributed by atoms with Crippen molar-refractivity contribution in [2.75, 3.05) is 7.11 Å². The van der Waals surface area contributed by atoms with Crippen LogP contribution < -0.4 is 16.0 Å². The quantitative estimate of drug-likeness (QED) is 0.878. The van der Waals surface area contributed by atoms with E-state index in [4.69, 9.17) is 16.3 Å². The van der Waals surface area contributed by atoms with Gasteiger partial charge in [0.15, 0.2) is 0 Å². The Bertz CT molecular complexity index is 720. The highest BCUT2D eigenvalue weighted by molar-refractivity contribution is 6.31. The van der Waals surface area contributed by atoms with E-state index in [2.05, 4.69) is 4.98 Å². The number of benzene rings is 1. The first-order chi connectivity index (χ1) is 9.02. The zero-order valence-electron chi connectivity index (χ0n) is 10.0. The van der Waals surface area contributed by atoms with E-state index in [0.717, 1.165) is 10.6 Å². The van der Waals surface area contributed by atoms with Gasteiger partial charge in [0, 0.05) is 10.6 Å². The minimum atomic E-state index is -0.716. The summed E-state index contributed by atoms with van der Waals surface area (Å²) in [5, 5.41) is 10.0. The molecule has 0 fully saturated rings. The molecule has 0 unspecified atom stereocenters. The van der Waals surface area contributed by atoms with Crippen LogP contribution in [0.5, 0.6) is 11.6 Å². The average molecular weight is 283 g/mol. The van der Waals surface area contributed by atoms with Crippen molar-refractivity contribution in [3.05, 3.63) is 55.7 Å². The van der Waals surface area contributed by atoms with Crippen LogP contribution in [-0.2, 0) is 6.54 Å². The van der Waals surface area contributed by atoms with Gasteiger partial charge in [-0.2, -0.15) is 0 Å². The maximum absolute atomic E-state index is 11.6. The Morgan fingerprint density at radius 1 is 1.42 bits per heavy atom. The fraction of sp³-hybridized carbons (Fsp3) is 0.167. The van der Waals surface area contributed by atoms with Crippen LogP contribution in [0.25, 0.3) is 0 Å². The largest absolute Gasteiger partial charge is 0.496 e. The maximum Gasteiger partial charge on any atom is 0.331 e. The van der Waals surface area contributed by atoms with Crippen molar-refractivity contribution in [3.8, 4) is 11.6 Å². The normalized spacial score (nSPS) is 10.4. The van der Waals surface area contributed by atoms with Gasteiger partial charge >= 0.3 is 5.69 Å². The fourth-order valence-corrected chi connectivity index (χ4v) is 1.93. The van der Waals surface area contributed by atoms with Crippen molar-refractivity contribution in [2.45, 2.75) is 6.54 Å². The summed E-state index contributed by atoms with van der Waals surface area (Å²) < 4.78 is 6.14. The molecule has 0 saturated heterocycles. The second kappa shape index (κ2) is 5.19. The summed E-state index contributed by atoms with van der Waals surface area (Å²) in [6, 6.07) is 5.97. The van der Waals surface area contributed by atoms with Crippen LogP contribution in [0.2, 0.25) is 5.02 Å². The highest BCUT2D eigenvalue weighted by Crippen LogP contribution is 2.27. The molecule has 100 valence electrons. The van der Waals surface area contributed by atoms with Crippen molar-refractivity contribution in [3.63, 3.8) is 0 Å². The van der Waals surface area contributed by atoms with Crippen molar-refractivity contribution >= 4 is 11.6 Å². The topological polar surface area (TPSA) is 84.3 Å².